The number of nitrogens with zero attached hydrogens (tertiary/aromatic N) is 3. The molecule has 0 unspecified atom stereocenters. The topological polar surface area (TPSA) is 38.1 Å². The van der Waals surface area contributed by atoms with E-state index in [4.69, 9.17) is 0 Å². The van der Waals surface area contributed by atoms with Gasteiger partial charge in [-0.25, -0.2) is 4.98 Å². The van der Waals surface area contributed by atoms with E-state index in [1.54, 1.807) is 0 Å². The van der Waals surface area contributed by atoms with Crippen molar-refractivity contribution >= 4 is 45.2 Å². The number of benzene rings is 3. The monoisotopic (exact) mass is 391 g/mol. The highest BCUT2D eigenvalue weighted by Crippen LogP contribution is 2.38. The molecule has 0 amide bonds. The quantitative estimate of drug-likeness (QED) is 0.337. The summed E-state index contributed by atoms with van der Waals surface area (Å²) in [5.74, 6) is 0. The average molecular weight is 391 g/mol. The van der Waals surface area contributed by atoms with Crippen LogP contribution in [0.5, 0.6) is 0 Å². The first-order valence-corrected chi connectivity index (χ1v) is 9.92. The number of rotatable bonds is 4. The van der Waals surface area contributed by atoms with Gasteiger partial charge < -0.3 is 9.47 Å². The Labute approximate surface area is 175 Å². The number of hydrogen-bond donors (Lipinski definition) is 0. The van der Waals surface area contributed by atoms with Gasteiger partial charge in [-0.3, -0.25) is 4.79 Å². The van der Waals surface area contributed by atoms with Gasteiger partial charge >= 0.3 is 0 Å². The molecule has 5 rings (SSSR count). The fourth-order valence-electron chi connectivity index (χ4n) is 4.27. The second-order valence-corrected chi connectivity index (χ2v) is 7.41. The molecule has 0 aliphatic rings. The van der Waals surface area contributed by atoms with Gasteiger partial charge in [-0.15, -0.1) is 0 Å². The van der Waals surface area contributed by atoms with Crippen LogP contribution in [0.2, 0.25) is 0 Å². The lowest BCUT2D eigenvalue weighted by atomic mass is 10.1. The van der Waals surface area contributed by atoms with Gasteiger partial charge in [0.05, 0.1) is 11.2 Å². The number of pyridine rings is 1. The Morgan fingerprint density at radius 3 is 2.03 bits per heavy atom. The van der Waals surface area contributed by atoms with Crippen LogP contribution in [0.3, 0.4) is 0 Å². The molecule has 0 atom stereocenters. The van der Waals surface area contributed by atoms with Crippen molar-refractivity contribution in [3.05, 3.63) is 96.3 Å². The summed E-state index contributed by atoms with van der Waals surface area (Å²) in [5, 5.41) is 2.15. The van der Waals surface area contributed by atoms with Crippen molar-refractivity contribution in [2.24, 2.45) is 7.05 Å². The zero-order valence-electron chi connectivity index (χ0n) is 16.9. The second-order valence-electron chi connectivity index (χ2n) is 7.41. The SMILES string of the molecule is Cc1nc(C=O)cc2c3cc(N(c4ccccc4)c4ccccc4)ccc3n(C)c12. The molecule has 0 saturated carbocycles. The minimum absolute atomic E-state index is 0.459. The maximum absolute atomic E-state index is 11.4. The maximum Gasteiger partial charge on any atom is 0.168 e. The lowest BCUT2D eigenvalue weighted by molar-refractivity contribution is 0.111. The van der Waals surface area contributed by atoms with E-state index in [0.29, 0.717) is 5.69 Å². The van der Waals surface area contributed by atoms with Gasteiger partial charge in [-0.05, 0) is 55.5 Å². The number of carbonyl (C=O) groups excluding carboxylic acids is 1. The highest BCUT2D eigenvalue weighted by molar-refractivity contribution is 6.11. The van der Waals surface area contributed by atoms with Crippen molar-refractivity contribution in [1.82, 2.24) is 9.55 Å². The number of fused-ring (bicyclic) bond motifs is 3. The molecule has 0 bridgehead atoms. The Morgan fingerprint density at radius 2 is 1.43 bits per heavy atom. The molecule has 30 heavy (non-hydrogen) atoms. The highest BCUT2D eigenvalue weighted by Gasteiger charge is 2.17. The number of hydrogen-bond acceptors (Lipinski definition) is 3. The van der Waals surface area contributed by atoms with Crippen LogP contribution in [0.15, 0.2) is 84.9 Å². The molecule has 3 aromatic carbocycles. The fraction of sp³-hybridized carbons (Fsp3) is 0.0769. The Hall–Kier alpha value is -3.92. The van der Waals surface area contributed by atoms with E-state index in [1.165, 1.54) is 0 Å². The third-order valence-corrected chi connectivity index (χ3v) is 5.56. The van der Waals surface area contributed by atoms with E-state index in [9.17, 15) is 4.79 Å². The molecule has 146 valence electrons. The van der Waals surface area contributed by atoms with Gasteiger partial charge in [0, 0.05) is 40.4 Å². The summed E-state index contributed by atoms with van der Waals surface area (Å²) in [5.41, 5.74) is 6.74. The van der Waals surface area contributed by atoms with E-state index in [-0.39, 0.29) is 0 Å². The molecule has 4 heteroatoms. The highest BCUT2D eigenvalue weighted by atomic mass is 16.1. The number of aldehydes is 1. The summed E-state index contributed by atoms with van der Waals surface area (Å²) < 4.78 is 2.15. The first kappa shape index (κ1) is 18.1. The van der Waals surface area contributed by atoms with Crippen LogP contribution in [0.4, 0.5) is 17.1 Å². The van der Waals surface area contributed by atoms with Crippen molar-refractivity contribution in [1.29, 1.82) is 0 Å². The smallest absolute Gasteiger partial charge is 0.168 e. The Balaban J connectivity index is 1.80. The molecule has 2 aromatic heterocycles. The molecule has 0 saturated heterocycles. The Bertz CT molecular complexity index is 1330. The molecule has 0 radical (unpaired) electrons. The van der Waals surface area contributed by atoms with Gasteiger partial charge in [0.25, 0.3) is 0 Å². The molecule has 5 aromatic rings. The minimum atomic E-state index is 0.459. The summed E-state index contributed by atoms with van der Waals surface area (Å²) in [6.07, 6.45) is 0.815. The summed E-state index contributed by atoms with van der Waals surface area (Å²) in [6, 6.07) is 29.1. The molecule has 0 aliphatic heterocycles. The fourth-order valence-corrected chi connectivity index (χ4v) is 4.27. The lowest BCUT2D eigenvalue weighted by Crippen LogP contribution is -2.09. The molecule has 2 heterocycles. The van der Waals surface area contributed by atoms with Crippen molar-refractivity contribution in [2.45, 2.75) is 6.92 Å². The third kappa shape index (κ3) is 2.85. The first-order chi connectivity index (χ1) is 14.7. The lowest BCUT2D eigenvalue weighted by Gasteiger charge is -2.25. The first-order valence-electron chi connectivity index (χ1n) is 9.92. The van der Waals surface area contributed by atoms with Crippen LogP contribution < -0.4 is 4.90 Å². The van der Waals surface area contributed by atoms with Crippen LogP contribution in [-0.2, 0) is 7.05 Å². The standard InChI is InChI=1S/C26H21N3O/c1-18-26-24(15-19(17-30)27-18)23-16-22(13-14-25(23)28(26)2)29(20-9-5-3-6-10-20)21-11-7-4-8-12-21/h3-17H,1-2H3. The van der Waals surface area contributed by atoms with Gasteiger partial charge in [-0.1, -0.05) is 36.4 Å². The third-order valence-electron chi connectivity index (χ3n) is 5.56. The van der Waals surface area contributed by atoms with E-state index < -0.39 is 0 Å². The van der Waals surface area contributed by atoms with Crippen LogP contribution >= 0.6 is 0 Å². The molecule has 0 spiro atoms. The van der Waals surface area contributed by atoms with Crippen molar-refractivity contribution in [3.63, 3.8) is 0 Å². The number of aromatic nitrogens is 2. The van der Waals surface area contributed by atoms with Crippen LogP contribution in [-0.4, -0.2) is 15.8 Å². The molecular weight excluding hydrogens is 370 g/mol. The zero-order valence-corrected chi connectivity index (χ0v) is 16.9. The second kappa shape index (κ2) is 7.16. The number of aryl methyl sites for hydroxylation is 2. The summed E-state index contributed by atoms with van der Waals surface area (Å²) in [4.78, 5) is 18.1. The molecule has 0 aliphatic carbocycles. The molecule has 4 nitrogen and oxygen atoms in total. The van der Waals surface area contributed by atoms with Crippen molar-refractivity contribution in [3.8, 4) is 0 Å². The van der Waals surface area contributed by atoms with Crippen LogP contribution in [0.1, 0.15) is 16.2 Å². The van der Waals surface area contributed by atoms with E-state index in [0.717, 1.165) is 50.8 Å². The van der Waals surface area contributed by atoms with Crippen LogP contribution in [0.25, 0.3) is 21.8 Å². The Kier molecular flexibility index (Phi) is 4.32. The van der Waals surface area contributed by atoms with Crippen molar-refractivity contribution in [2.75, 3.05) is 4.90 Å². The normalized spacial score (nSPS) is 11.1. The Morgan fingerprint density at radius 1 is 0.800 bits per heavy atom. The number of para-hydroxylation sites is 2. The van der Waals surface area contributed by atoms with Gasteiger partial charge in [-0.2, -0.15) is 0 Å². The average Bonchev–Trinajstić information content (AvgIpc) is 3.07. The predicted octanol–water partition coefficient (Wildman–Crippen LogP) is 6.32. The van der Waals surface area contributed by atoms with Gasteiger partial charge in [0.15, 0.2) is 6.29 Å². The summed E-state index contributed by atoms with van der Waals surface area (Å²) >= 11 is 0. The predicted molar refractivity (Wildman–Crippen MR) is 123 cm³/mol. The number of carbonyl (C=O) groups is 1. The minimum Gasteiger partial charge on any atom is -0.342 e. The van der Waals surface area contributed by atoms with Gasteiger partial charge in [0.2, 0.25) is 0 Å². The maximum atomic E-state index is 11.4. The van der Waals surface area contributed by atoms with E-state index in [2.05, 4.69) is 56.9 Å². The van der Waals surface area contributed by atoms with Gasteiger partial charge in [0.1, 0.15) is 5.69 Å². The summed E-state index contributed by atoms with van der Waals surface area (Å²) in [7, 11) is 2.05. The molecule has 0 fully saturated rings. The zero-order chi connectivity index (χ0) is 20.7. The van der Waals surface area contributed by atoms with Crippen molar-refractivity contribution < 1.29 is 4.79 Å². The molecular formula is C26H21N3O. The van der Waals surface area contributed by atoms with Crippen LogP contribution in [0, 0.1) is 6.92 Å². The van der Waals surface area contributed by atoms with E-state index in [1.807, 2.05) is 56.4 Å². The number of anilines is 3. The summed E-state index contributed by atoms with van der Waals surface area (Å²) in [6.45, 7) is 1.95. The van der Waals surface area contributed by atoms with E-state index >= 15 is 0 Å². The molecule has 0 N–H and O–H groups in total. The largest absolute Gasteiger partial charge is 0.342 e.